The molecule has 0 aliphatic carbocycles. The molecule has 0 aromatic heterocycles. The average Bonchev–Trinajstić information content (AvgIpc) is 2.66. The SMILES string of the molecule is c1ccc2c(c1)CCc1c(ccc3ccccc13)O2. The van der Waals surface area contributed by atoms with E-state index < -0.39 is 0 Å². The molecule has 1 nitrogen and oxygen atoms in total. The van der Waals surface area contributed by atoms with Crippen LogP contribution in [0.15, 0.2) is 60.7 Å². The number of para-hydroxylation sites is 1. The monoisotopic (exact) mass is 246 g/mol. The Morgan fingerprint density at radius 2 is 1.53 bits per heavy atom. The summed E-state index contributed by atoms with van der Waals surface area (Å²) >= 11 is 0. The zero-order chi connectivity index (χ0) is 12.7. The highest BCUT2D eigenvalue weighted by molar-refractivity contribution is 5.88. The molecule has 4 rings (SSSR count). The molecule has 1 heteroatoms. The maximum absolute atomic E-state index is 6.11. The fraction of sp³-hybridized carbons (Fsp3) is 0.111. The van der Waals surface area contributed by atoms with Crippen LogP contribution >= 0.6 is 0 Å². The quantitative estimate of drug-likeness (QED) is 0.557. The fourth-order valence-corrected chi connectivity index (χ4v) is 2.86. The Kier molecular flexibility index (Phi) is 2.31. The number of benzene rings is 3. The molecule has 3 aromatic rings. The molecule has 0 spiro atoms. The van der Waals surface area contributed by atoms with Crippen molar-refractivity contribution < 1.29 is 4.74 Å². The number of rotatable bonds is 0. The summed E-state index contributed by atoms with van der Waals surface area (Å²) in [5, 5.41) is 2.60. The summed E-state index contributed by atoms with van der Waals surface area (Å²) in [6.45, 7) is 0. The second kappa shape index (κ2) is 4.13. The first-order valence-electron chi connectivity index (χ1n) is 6.68. The van der Waals surface area contributed by atoms with Gasteiger partial charge in [0.2, 0.25) is 0 Å². The highest BCUT2D eigenvalue weighted by Gasteiger charge is 2.16. The van der Waals surface area contributed by atoms with Gasteiger partial charge in [0.15, 0.2) is 0 Å². The minimum absolute atomic E-state index is 0.997. The van der Waals surface area contributed by atoms with E-state index in [0.29, 0.717) is 0 Å². The summed E-state index contributed by atoms with van der Waals surface area (Å²) in [7, 11) is 0. The Balaban J connectivity index is 1.93. The van der Waals surface area contributed by atoms with Crippen molar-refractivity contribution in [3.05, 3.63) is 71.8 Å². The van der Waals surface area contributed by atoms with Crippen molar-refractivity contribution in [1.82, 2.24) is 0 Å². The minimum Gasteiger partial charge on any atom is -0.457 e. The lowest BCUT2D eigenvalue weighted by Crippen LogP contribution is -1.90. The molecule has 0 bridgehead atoms. The lowest BCUT2D eigenvalue weighted by molar-refractivity contribution is 0.480. The summed E-state index contributed by atoms with van der Waals surface area (Å²) < 4.78 is 6.11. The van der Waals surface area contributed by atoms with Crippen LogP contribution in [0.4, 0.5) is 0 Å². The van der Waals surface area contributed by atoms with E-state index in [4.69, 9.17) is 4.74 Å². The zero-order valence-corrected chi connectivity index (χ0v) is 10.6. The van der Waals surface area contributed by atoms with Crippen LogP contribution in [0.1, 0.15) is 11.1 Å². The second-order valence-electron chi connectivity index (χ2n) is 4.97. The van der Waals surface area contributed by atoms with Gasteiger partial charge < -0.3 is 4.74 Å². The van der Waals surface area contributed by atoms with Gasteiger partial charge in [-0.1, -0.05) is 48.5 Å². The van der Waals surface area contributed by atoms with Gasteiger partial charge in [-0.2, -0.15) is 0 Å². The Morgan fingerprint density at radius 3 is 2.53 bits per heavy atom. The van der Waals surface area contributed by atoms with Crippen molar-refractivity contribution in [3.8, 4) is 11.5 Å². The van der Waals surface area contributed by atoms with Crippen molar-refractivity contribution in [1.29, 1.82) is 0 Å². The van der Waals surface area contributed by atoms with E-state index in [0.717, 1.165) is 24.3 Å². The number of fused-ring (bicyclic) bond motifs is 4. The van der Waals surface area contributed by atoms with E-state index in [1.165, 1.54) is 21.9 Å². The molecular formula is C18H14O. The van der Waals surface area contributed by atoms with E-state index in [9.17, 15) is 0 Å². The van der Waals surface area contributed by atoms with Gasteiger partial charge >= 0.3 is 0 Å². The third kappa shape index (κ3) is 1.70. The number of aryl methyl sites for hydroxylation is 2. The van der Waals surface area contributed by atoms with Crippen LogP contribution < -0.4 is 4.74 Å². The van der Waals surface area contributed by atoms with E-state index in [2.05, 4.69) is 54.6 Å². The summed E-state index contributed by atoms with van der Waals surface area (Å²) in [6.07, 6.45) is 2.07. The standard InChI is InChI=1S/C18H14O/c1-3-7-15-13(5-1)10-12-18-16(15)11-9-14-6-2-4-8-17(14)19-18/h1-8,10,12H,9,11H2. The molecule has 0 atom stereocenters. The number of hydrogen-bond acceptors (Lipinski definition) is 1. The fourth-order valence-electron chi connectivity index (χ4n) is 2.86. The van der Waals surface area contributed by atoms with Crippen molar-refractivity contribution >= 4 is 10.8 Å². The largest absolute Gasteiger partial charge is 0.457 e. The molecule has 19 heavy (non-hydrogen) atoms. The lowest BCUT2D eigenvalue weighted by Gasteiger charge is -2.10. The zero-order valence-electron chi connectivity index (χ0n) is 10.6. The van der Waals surface area contributed by atoms with Crippen LogP contribution in [0.3, 0.4) is 0 Å². The molecule has 0 radical (unpaired) electrons. The van der Waals surface area contributed by atoms with Crippen LogP contribution in [-0.2, 0) is 12.8 Å². The van der Waals surface area contributed by atoms with Gasteiger partial charge in [0.25, 0.3) is 0 Å². The van der Waals surface area contributed by atoms with Crippen molar-refractivity contribution in [2.24, 2.45) is 0 Å². The first-order chi connectivity index (χ1) is 9.42. The Hall–Kier alpha value is -2.28. The van der Waals surface area contributed by atoms with Crippen LogP contribution in [0.25, 0.3) is 10.8 Å². The van der Waals surface area contributed by atoms with Gasteiger partial charge in [0.05, 0.1) is 0 Å². The van der Waals surface area contributed by atoms with E-state index >= 15 is 0 Å². The summed E-state index contributed by atoms with van der Waals surface area (Å²) in [5.41, 5.74) is 2.62. The van der Waals surface area contributed by atoms with Crippen molar-refractivity contribution in [2.45, 2.75) is 12.8 Å². The van der Waals surface area contributed by atoms with Gasteiger partial charge in [-0.15, -0.1) is 0 Å². The maximum Gasteiger partial charge on any atom is 0.131 e. The van der Waals surface area contributed by atoms with Gasteiger partial charge in [-0.3, -0.25) is 0 Å². The summed E-state index contributed by atoms with van der Waals surface area (Å²) in [4.78, 5) is 0. The Bertz CT molecular complexity index is 758. The molecule has 92 valence electrons. The van der Waals surface area contributed by atoms with Gasteiger partial charge in [-0.25, -0.2) is 0 Å². The summed E-state index contributed by atoms with van der Waals surface area (Å²) in [5.74, 6) is 2.00. The molecule has 0 saturated carbocycles. The third-order valence-electron chi connectivity index (χ3n) is 3.83. The van der Waals surface area contributed by atoms with Crippen molar-refractivity contribution in [2.75, 3.05) is 0 Å². The molecule has 0 unspecified atom stereocenters. The predicted octanol–water partition coefficient (Wildman–Crippen LogP) is 4.73. The second-order valence-corrected chi connectivity index (χ2v) is 4.97. The maximum atomic E-state index is 6.11. The molecule has 1 aliphatic heterocycles. The third-order valence-corrected chi connectivity index (χ3v) is 3.83. The Labute approximate surface area is 112 Å². The molecule has 1 aliphatic rings. The van der Waals surface area contributed by atoms with Gasteiger partial charge in [0, 0.05) is 5.56 Å². The smallest absolute Gasteiger partial charge is 0.131 e. The minimum atomic E-state index is 0.997. The van der Waals surface area contributed by atoms with E-state index in [1.54, 1.807) is 0 Å². The molecule has 0 N–H and O–H groups in total. The molecule has 0 fully saturated rings. The highest BCUT2D eigenvalue weighted by Crippen LogP contribution is 2.37. The molecule has 0 saturated heterocycles. The van der Waals surface area contributed by atoms with Crippen LogP contribution in [0.5, 0.6) is 11.5 Å². The van der Waals surface area contributed by atoms with E-state index in [-0.39, 0.29) is 0 Å². The van der Waals surface area contributed by atoms with Crippen molar-refractivity contribution in [3.63, 3.8) is 0 Å². The Morgan fingerprint density at radius 1 is 0.684 bits per heavy atom. The lowest BCUT2D eigenvalue weighted by atomic mass is 9.98. The molecular weight excluding hydrogens is 232 g/mol. The molecule has 3 aromatic carbocycles. The molecule has 0 amide bonds. The molecule has 1 heterocycles. The van der Waals surface area contributed by atoms with Gasteiger partial charge in [-0.05, 0) is 41.3 Å². The summed E-state index contributed by atoms with van der Waals surface area (Å²) in [6, 6.07) is 21.1. The average molecular weight is 246 g/mol. The van der Waals surface area contributed by atoms with Gasteiger partial charge in [0.1, 0.15) is 11.5 Å². The topological polar surface area (TPSA) is 9.23 Å². The van der Waals surface area contributed by atoms with Crippen LogP contribution in [-0.4, -0.2) is 0 Å². The first-order valence-corrected chi connectivity index (χ1v) is 6.68. The normalized spacial score (nSPS) is 13.3. The predicted molar refractivity (Wildman–Crippen MR) is 77.9 cm³/mol. The van der Waals surface area contributed by atoms with Crippen LogP contribution in [0.2, 0.25) is 0 Å². The van der Waals surface area contributed by atoms with E-state index in [1.807, 2.05) is 6.07 Å². The highest BCUT2D eigenvalue weighted by atomic mass is 16.5. The first kappa shape index (κ1) is 10.6. The number of hydrogen-bond donors (Lipinski definition) is 0. The number of ether oxygens (including phenoxy) is 1. The van der Waals surface area contributed by atoms with Crippen LogP contribution in [0, 0.1) is 0 Å².